The minimum Gasteiger partial charge on any atom is -0.340 e. The zero-order valence-electron chi connectivity index (χ0n) is 10.6. The lowest BCUT2D eigenvalue weighted by atomic mass is 10.2. The number of Topliss-reactive ketones (excluding diaryl/α,β-unsaturated/α-hetero) is 1. The van der Waals surface area contributed by atoms with Crippen LogP contribution in [0.3, 0.4) is 0 Å². The van der Waals surface area contributed by atoms with E-state index in [4.69, 9.17) is 0 Å². The van der Waals surface area contributed by atoms with Gasteiger partial charge >= 0.3 is 0 Å². The Morgan fingerprint density at radius 2 is 2.00 bits per heavy atom. The van der Waals surface area contributed by atoms with Gasteiger partial charge in [-0.15, -0.1) is 0 Å². The summed E-state index contributed by atoms with van der Waals surface area (Å²) >= 11 is 0. The second kappa shape index (κ2) is 6.13. The Hall–Kier alpha value is -1.71. The summed E-state index contributed by atoms with van der Waals surface area (Å²) in [6.45, 7) is 3.90. The van der Waals surface area contributed by atoms with Crippen molar-refractivity contribution in [3.8, 4) is 0 Å². The van der Waals surface area contributed by atoms with E-state index >= 15 is 0 Å². The molecule has 0 spiro atoms. The number of carbonyl (C=O) groups is 2. The molecule has 92 valence electrons. The zero-order chi connectivity index (χ0) is 12.8. The molecule has 0 fully saturated rings. The zero-order valence-corrected chi connectivity index (χ0v) is 10.6. The van der Waals surface area contributed by atoms with E-state index in [0.717, 1.165) is 11.4 Å². The molecule has 0 atom stereocenters. The Morgan fingerprint density at radius 3 is 2.59 bits per heavy atom. The van der Waals surface area contributed by atoms with Gasteiger partial charge in [-0.1, -0.05) is 6.07 Å². The summed E-state index contributed by atoms with van der Waals surface area (Å²) in [7, 11) is 1.73. The van der Waals surface area contributed by atoms with Crippen molar-refractivity contribution in [3.63, 3.8) is 0 Å². The molecule has 0 aliphatic carbocycles. The normalized spacial score (nSPS) is 10.1. The molecule has 0 saturated heterocycles. The summed E-state index contributed by atoms with van der Waals surface area (Å²) in [6, 6.07) is 5.73. The third-order valence-electron chi connectivity index (χ3n) is 2.46. The van der Waals surface area contributed by atoms with Crippen LogP contribution in [0.5, 0.6) is 0 Å². The molecule has 1 amide bonds. The van der Waals surface area contributed by atoms with Gasteiger partial charge in [0, 0.05) is 25.6 Å². The van der Waals surface area contributed by atoms with E-state index < -0.39 is 0 Å². The van der Waals surface area contributed by atoms with Crippen LogP contribution >= 0.6 is 0 Å². The van der Waals surface area contributed by atoms with Crippen LogP contribution in [0.4, 0.5) is 0 Å². The van der Waals surface area contributed by atoms with Gasteiger partial charge in [-0.25, -0.2) is 0 Å². The summed E-state index contributed by atoms with van der Waals surface area (Å²) in [5.41, 5.74) is 1.80. The number of ketones is 1. The summed E-state index contributed by atoms with van der Waals surface area (Å²) < 4.78 is 0. The summed E-state index contributed by atoms with van der Waals surface area (Å²) in [4.78, 5) is 28.4. The van der Waals surface area contributed by atoms with E-state index in [1.165, 1.54) is 6.92 Å². The minimum absolute atomic E-state index is 0.0245. The van der Waals surface area contributed by atoms with Crippen molar-refractivity contribution in [1.82, 2.24) is 9.88 Å². The maximum absolute atomic E-state index is 11.7. The largest absolute Gasteiger partial charge is 0.340 e. The molecule has 0 aliphatic rings. The first kappa shape index (κ1) is 13.4. The number of carbonyl (C=O) groups excluding carboxylic acids is 2. The highest BCUT2D eigenvalue weighted by molar-refractivity contribution is 5.83. The molecule has 1 aromatic heterocycles. The van der Waals surface area contributed by atoms with Crippen LogP contribution in [-0.2, 0) is 16.1 Å². The molecule has 1 heterocycles. The maximum atomic E-state index is 11.7. The lowest BCUT2D eigenvalue weighted by Gasteiger charge is -2.16. The molecule has 1 rings (SSSR count). The van der Waals surface area contributed by atoms with Gasteiger partial charge in [-0.2, -0.15) is 0 Å². The molecule has 17 heavy (non-hydrogen) atoms. The average molecular weight is 234 g/mol. The van der Waals surface area contributed by atoms with Crippen LogP contribution < -0.4 is 0 Å². The monoisotopic (exact) mass is 234 g/mol. The second-order valence-electron chi connectivity index (χ2n) is 4.22. The Balaban J connectivity index is 2.51. The standard InChI is InChI=1S/C13H18N2O2/c1-10-5-4-6-12(14-10)9-15(3)13(17)8-7-11(2)16/h4-6H,7-9H2,1-3H3. The van der Waals surface area contributed by atoms with E-state index in [-0.39, 0.29) is 18.1 Å². The van der Waals surface area contributed by atoms with E-state index in [1.807, 2.05) is 25.1 Å². The molecule has 0 saturated carbocycles. The van der Waals surface area contributed by atoms with Gasteiger partial charge in [0.15, 0.2) is 0 Å². The predicted octanol–water partition coefficient (Wildman–Crippen LogP) is 1.72. The summed E-state index contributed by atoms with van der Waals surface area (Å²) in [5.74, 6) is 0.0175. The minimum atomic E-state index is -0.0245. The van der Waals surface area contributed by atoms with Crippen molar-refractivity contribution >= 4 is 11.7 Å². The van der Waals surface area contributed by atoms with Gasteiger partial charge in [0.2, 0.25) is 5.91 Å². The van der Waals surface area contributed by atoms with Gasteiger partial charge in [0.05, 0.1) is 12.2 Å². The maximum Gasteiger partial charge on any atom is 0.223 e. The highest BCUT2D eigenvalue weighted by atomic mass is 16.2. The molecular formula is C13H18N2O2. The molecule has 0 aromatic carbocycles. The van der Waals surface area contributed by atoms with Crippen LogP contribution in [0.25, 0.3) is 0 Å². The topological polar surface area (TPSA) is 50.3 Å². The van der Waals surface area contributed by atoms with Crippen molar-refractivity contribution in [2.24, 2.45) is 0 Å². The molecule has 0 bridgehead atoms. The number of aryl methyl sites for hydroxylation is 1. The number of pyridine rings is 1. The first-order chi connectivity index (χ1) is 7.99. The first-order valence-electron chi connectivity index (χ1n) is 5.65. The summed E-state index contributed by atoms with van der Waals surface area (Å²) in [6.07, 6.45) is 0.585. The average Bonchev–Trinajstić information content (AvgIpc) is 2.25. The molecule has 0 N–H and O–H groups in total. The van der Waals surface area contributed by atoms with Crippen molar-refractivity contribution < 1.29 is 9.59 Å². The van der Waals surface area contributed by atoms with Crippen molar-refractivity contribution in [1.29, 1.82) is 0 Å². The Labute approximate surface area is 102 Å². The van der Waals surface area contributed by atoms with E-state index in [9.17, 15) is 9.59 Å². The Kier molecular flexibility index (Phi) is 4.82. The molecule has 0 aliphatic heterocycles. The van der Waals surface area contributed by atoms with Gasteiger partial charge in [-0.05, 0) is 26.0 Å². The van der Waals surface area contributed by atoms with E-state index in [0.29, 0.717) is 13.0 Å². The van der Waals surface area contributed by atoms with Gasteiger partial charge in [0.1, 0.15) is 5.78 Å². The number of nitrogens with zero attached hydrogens (tertiary/aromatic N) is 2. The van der Waals surface area contributed by atoms with Crippen LogP contribution in [0.2, 0.25) is 0 Å². The van der Waals surface area contributed by atoms with Gasteiger partial charge in [0.25, 0.3) is 0 Å². The fourth-order valence-corrected chi connectivity index (χ4v) is 1.49. The number of amides is 1. The lowest BCUT2D eigenvalue weighted by molar-refractivity contribution is -0.132. The Bertz CT molecular complexity index is 416. The van der Waals surface area contributed by atoms with Crippen LogP contribution in [0, 0.1) is 6.92 Å². The SMILES string of the molecule is CC(=O)CCC(=O)N(C)Cc1cccc(C)n1. The fraction of sp³-hybridized carbons (Fsp3) is 0.462. The number of hydrogen-bond acceptors (Lipinski definition) is 3. The predicted molar refractivity (Wildman–Crippen MR) is 65.4 cm³/mol. The Morgan fingerprint density at radius 1 is 1.29 bits per heavy atom. The van der Waals surface area contributed by atoms with Gasteiger partial charge in [-0.3, -0.25) is 9.78 Å². The lowest BCUT2D eigenvalue weighted by Crippen LogP contribution is -2.26. The highest BCUT2D eigenvalue weighted by Crippen LogP contribution is 2.04. The molecule has 1 aromatic rings. The molecular weight excluding hydrogens is 216 g/mol. The third-order valence-corrected chi connectivity index (χ3v) is 2.46. The van der Waals surface area contributed by atoms with Crippen molar-refractivity contribution in [3.05, 3.63) is 29.6 Å². The first-order valence-corrected chi connectivity index (χ1v) is 5.65. The smallest absolute Gasteiger partial charge is 0.223 e. The molecule has 4 nitrogen and oxygen atoms in total. The van der Waals surface area contributed by atoms with Crippen LogP contribution in [-0.4, -0.2) is 28.6 Å². The van der Waals surface area contributed by atoms with Crippen molar-refractivity contribution in [2.45, 2.75) is 33.2 Å². The second-order valence-corrected chi connectivity index (χ2v) is 4.22. The number of rotatable bonds is 5. The number of hydrogen-bond donors (Lipinski definition) is 0. The van der Waals surface area contributed by atoms with E-state index in [2.05, 4.69) is 4.98 Å². The number of aromatic nitrogens is 1. The van der Waals surface area contributed by atoms with E-state index in [1.54, 1.807) is 11.9 Å². The van der Waals surface area contributed by atoms with Crippen LogP contribution in [0.15, 0.2) is 18.2 Å². The molecule has 0 radical (unpaired) electrons. The van der Waals surface area contributed by atoms with Crippen LogP contribution in [0.1, 0.15) is 31.2 Å². The van der Waals surface area contributed by atoms with Gasteiger partial charge < -0.3 is 9.69 Å². The van der Waals surface area contributed by atoms with Crippen molar-refractivity contribution in [2.75, 3.05) is 7.05 Å². The molecule has 4 heteroatoms. The fourth-order valence-electron chi connectivity index (χ4n) is 1.49. The quantitative estimate of drug-likeness (QED) is 0.779. The molecule has 0 unspecified atom stereocenters. The highest BCUT2D eigenvalue weighted by Gasteiger charge is 2.10. The third kappa shape index (κ3) is 4.76. The summed E-state index contributed by atoms with van der Waals surface area (Å²) in [5, 5.41) is 0.